The summed E-state index contributed by atoms with van der Waals surface area (Å²) in [5, 5.41) is 0. The smallest absolute Gasteiger partial charge is 0.334 e. The molecule has 0 saturated heterocycles. The summed E-state index contributed by atoms with van der Waals surface area (Å²) >= 11 is 0. The molecular formula is C16H24NO2+. The van der Waals surface area contributed by atoms with Crippen molar-refractivity contribution in [3.05, 3.63) is 48.6 Å². The van der Waals surface area contributed by atoms with Gasteiger partial charge in [0.1, 0.15) is 6.54 Å². The van der Waals surface area contributed by atoms with Crippen LogP contribution in [0, 0.1) is 0 Å². The van der Waals surface area contributed by atoms with E-state index in [0.717, 1.165) is 6.54 Å². The Morgan fingerprint density at radius 3 is 2.37 bits per heavy atom. The fourth-order valence-corrected chi connectivity index (χ4v) is 2.04. The van der Waals surface area contributed by atoms with E-state index in [-0.39, 0.29) is 12.2 Å². The highest BCUT2D eigenvalue weighted by Crippen LogP contribution is 2.22. The Morgan fingerprint density at radius 1 is 1.32 bits per heavy atom. The third-order valence-corrected chi connectivity index (χ3v) is 3.83. The first-order valence-corrected chi connectivity index (χ1v) is 6.62. The lowest BCUT2D eigenvalue weighted by molar-refractivity contribution is -0.980. The van der Waals surface area contributed by atoms with E-state index in [1.54, 1.807) is 0 Å². The Balaban J connectivity index is 2.90. The van der Waals surface area contributed by atoms with Crippen molar-refractivity contribution in [3.8, 4) is 0 Å². The van der Waals surface area contributed by atoms with Crippen molar-refractivity contribution in [2.75, 3.05) is 7.05 Å². The van der Waals surface area contributed by atoms with Crippen molar-refractivity contribution in [2.24, 2.45) is 0 Å². The average Bonchev–Trinajstić information content (AvgIpc) is 2.39. The van der Waals surface area contributed by atoms with Crippen LogP contribution < -0.4 is 0 Å². The topological polar surface area (TPSA) is 26.3 Å². The highest BCUT2D eigenvalue weighted by atomic mass is 16.6. The van der Waals surface area contributed by atoms with Crippen LogP contribution in [0.25, 0.3) is 0 Å². The normalized spacial score (nSPS) is 15.6. The second kappa shape index (κ2) is 6.53. The van der Waals surface area contributed by atoms with Gasteiger partial charge in [0.25, 0.3) is 0 Å². The molecule has 2 unspecified atom stereocenters. The first-order chi connectivity index (χ1) is 8.90. The zero-order valence-corrected chi connectivity index (χ0v) is 12.3. The molecular weight excluding hydrogens is 238 g/mol. The molecule has 1 aromatic rings. The number of carbonyl (C=O) groups is 1. The first-order valence-electron chi connectivity index (χ1n) is 6.62. The Hall–Kier alpha value is -1.61. The summed E-state index contributed by atoms with van der Waals surface area (Å²) in [7, 11) is 2.11. The minimum Gasteiger partial charge on any atom is -0.410 e. The quantitative estimate of drug-likeness (QED) is 0.341. The van der Waals surface area contributed by atoms with Gasteiger partial charge in [-0.3, -0.25) is 4.48 Å². The van der Waals surface area contributed by atoms with Gasteiger partial charge in [0.2, 0.25) is 6.23 Å². The predicted molar refractivity (Wildman–Crippen MR) is 77.2 cm³/mol. The van der Waals surface area contributed by atoms with Crippen molar-refractivity contribution in [3.63, 3.8) is 0 Å². The molecule has 1 aromatic carbocycles. The molecule has 0 spiro atoms. The van der Waals surface area contributed by atoms with Crippen LogP contribution in [0.15, 0.2) is 43.0 Å². The molecule has 0 saturated carbocycles. The van der Waals surface area contributed by atoms with Crippen molar-refractivity contribution < 1.29 is 14.0 Å². The Labute approximate surface area is 116 Å². The van der Waals surface area contributed by atoms with Crippen LogP contribution in [0.2, 0.25) is 0 Å². The van der Waals surface area contributed by atoms with Crippen LogP contribution in [-0.2, 0) is 16.1 Å². The van der Waals surface area contributed by atoms with Gasteiger partial charge in [0, 0.05) is 18.6 Å². The van der Waals surface area contributed by atoms with Crippen molar-refractivity contribution in [1.82, 2.24) is 0 Å². The number of esters is 1. The first kappa shape index (κ1) is 15.4. The van der Waals surface area contributed by atoms with Gasteiger partial charge >= 0.3 is 5.97 Å². The summed E-state index contributed by atoms with van der Waals surface area (Å²) < 4.78 is 6.06. The molecule has 3 nitrogen and oxygen atoms in total. The molecule has 0 fully saturated rings. The maximum atomic E-state index is 11.4. The number of carbonyl (C=O) groups excluding carboxylic acids is 1. The van der Waals surface area contributed by atoms with Gasteiger partial charge in [0.15, 0.2) is 0 Å². The van der Waals surface area contributed by atoms with Gasteiger partial charge in [-0.25, -0.2) is 4.79 Å². The molecule has 0 heterocycles. The molecule has 0 amide bonds. The molecule has 0 radical (unpaired) electrons. The summed E-state index contributed by atoms with van der Waals surface area (Å²) in [5.41, 5.74) is 1.24. The van der Waals surface area contributed by atoms with E-state index in [4.69, 9.17) is 4.74 Å². The van der Waals surface area contributed by atoms with Crippen molar-refractivity contribution in [2.45, 2.75) is 39.6 Å². The highest BCUT2D eigenvalue weighted by molar-refractivity contribution is 5.81. The molecule has 104 valence electrons. The highest BCUT2D eigenvalue weighted by Gasteiger charge is 2.35. The van der Waals surface area contributed by atoms with Gasteiger partial charge < -0.3 is 4.74 Å². The Morgan fingerprint density at radius 2 is 1.89 bits per heavy atom. The fraction of sp³-hybridized carbons (Fsp3) is 0.438. The summed E-state index contributed by atoms with van der Waals surface area (Å²) in [6.07, 6.45) is 0.995. The Bertz CT molecular complexity index is 428. The van der Waals surface area contributed by atoms with E-state index in [1.807, 2.05) is 25.1 Å². The lowest BCUT2D eigenvalue weighted by Crippen LogP contribution is -2.56. The molecule has 0 aromatic heterocycles. The fourth-order valence-electron chi connectivity index (χ4n) is 2.04. The molecule has 2 atom stereocenters. The van der Waals surface area contributed by atoms with Crippen LogP contribution >= 0.6 is 0 Å². The SMILES string of the molecule is C=CC(=O)OC(C)[N+](C)(Cc1ccccc1)C(C)C. The molecule has 1 rings (SSSR count). The van der Waals surface area contributed by atoms with Crippen LogP contribution in [0.1, 0.15) is 26.3 Å². The predicted octanol–water partition coefficient (Wildman–Crippen LogP) is 3.12. The molecule has 0 aliphatic rings. The van der Waals surface area contributed by atoms with E-state index in [0.29, 0.717) is 10.5 Å². The van der Waals surface area contributed by atoms with E-state index in [2.05, 4.69) is 39.6 Å². The van der Waals surface area contributed by atoms with E-state index in [1.165, 1.54) is 11.6 Å². The standard InChI is InChI=1S/C16H24NO2/c1-6-16(18)19-14(4)17(5,13(2)3)12-15-10-8-7-9-11-15/h6-11,13-14H,1,12H2,2-5H3/q+1. The number of hydrogen-bond donors (Lipinski definition) is 0. The zero-order valence-electron chi connectivity index (χ0n) is 12.3. The average molecular weight is 262 g/mol. The van der Waals surface area contributed by atoms with Crippen LogP contribution in [0.5, 0.6) is 0 Å². The lowest BCUT2D eigenvalue weighted by atomic mass is 10.1. The summed E-state index contributed by atoms with van der Waals surface area (Å²) in [6, 6.07) is 10.6. The van der Waals surface area contributed by atoms with Gasteiger partial charge in [-0.2, -0.15) is 0 Å². The van der Waals surface area contributed by atoms with E-state index >= 15 is 0 Å². The molecule has 0 N–H and O–H groups in total. The molecule has 0 aliphatic heterocycles. The third kappa shape index (κ3) is 3.93. The second-order valence-electron chi connectivity index (χ2n) is 5.32. The van der Waals surface area contributed by atoms with Crippen molar-refractivity contribution in [1.29, 1.82) is 0 Å². The number of hydrogen-bond acceptors (Lipinski definition) is 2. The maximum absolute atomic E-state index is 11.4. The summed E-state index contributed by atoms with van der Waals surface area (Å²) in [5.74, 6) is -0.370. The van der Waals surface area contributed by atoms with E-state index in [9.17, 15) is 4.79 Å². The zero-order chi connectivity index (χ0) is 14.5. The van der Waals surface area contributed by atoms with Crippen molar-refractivity contribution >= 4 is 5.97 Å². The minimum absolute atomic E-state index is 0.217. The number of nitrogens with zero attached hydrogens (tertiary/aromatic N) is 1. The second-order valence-corrected chi connectivity index (χ2v) is 5.32. The summed E-state index contributed by atoms with van der Waals surface area (Å²) in [4.78, 5) is 11.4. The number of quaternary nitrogens is 1. The number of benzene rings is 1. The monoisotopic (exact) mass is 262 g/mol. The van der Waals surface area contributed by atoms with Gasteiger partial charge in [0.05, 0.1) is 13.1 Å². The lowest BCUT2D eigenvalue weighted by Gasteiger charge is -2.42. The third-order valence-electron chi connectivity index (χ3n) is 3.83. The minimum atomic E-state index is -0.370. The summed E-state index contributed by atoms with van der Waals surface area (Å²) in [6.45, 7) is 10.5. The van der Waals surface area contributed by atoms with Gasteiger partial charge in [-0.1, -0.05) is 36.9 Å². The molecule has 3 heteroatoms. The van der Waals surface area contributed by atoms with Crippen LogP contribution in [-0.4, -0.2) is 29.8 Å². The van der Waals surface area contributed by atoms with E-state index < -0.39 is 0 Å². The van der Waals surface area contributed by atoms with Gasteiger partial charge in [-0.15, -0.1) is 0 Å². The molecule has 0 aliphatic carbocycles. The van der Waals surface area contributed by atoms with Crippen LogP contribution in [0.3, 0.4) is 0 Å². The maximum Gasteiger partial charge on any atom is 0.334 e. The van der Waals surface area contributed by atoms with Gasteiger partial charge in [-0.05, 0) is 13.8 Å². The Kier molecular flexibility index (Phi) is 5.31. The molecule has 0 bridgehead atoms. The number of rotatable bonds is 6. The van der Waals surface area contributed by atoms with Crippen LogP contribution in [0.4, 0.5) is 0 Å². The largest absolute Gasteiger partial charge is 0.410 e. The molecule has 19 heavy (non-hydrogen) atoms. The number of ether oxygens (including phenoxy) is 1.